The molecule has 0 radical (unpaired) electrons. The fraction of sp³-hybridized carbons (Fsp3) is 0.929. The third-order valence-electron chi connectivity index (χ3n) is 11.1. The third-order valence-corrected chi connectivity index (χ3v) is 11.1. The summed E-state index contributed by atoms with van der Waals surface area (Å²) in [6.07, 6.45) is 15.7. The standard InChI is InChI=1S/C28H48O/c1-18(2)19(3)7-8-20(4)24-11-12-25-23-10-9-21-17-22(29)13-15-27(21,5)26(23)14-16-28(24,25)6/h9,18-20,22-26,29H,7-8,10-17H2,1-6H3/t19-,20-,22+,23-,24-,25-,26-,27+,28-/m1/s1. The molecule has 0 aromatic rings. The smallest absolute Gasteiger partial charge is 0.0577 e. The van der Waals surface area contributed by atoms with Gasteiger partial charge in [-0.25, -0.2) is 0 Å². The maximum Gasteiger partial charge on any atom is 0.0577 e. The fourth-order valence-electron chi connectivity index (χ4n) is 8.68. The Hall–Kier alpha value is -0.300. The van der Waals surface area contributed by atoms with Crippen molar-refractivity contribution in [3.05, 3.63) is 11.6 Å². The van der Waals surface area contributed by atoms with E-state index in [1.807, 2.05) is 0 Å². The minimum atomic E-state index is -0.0790. The van der Waals surface area contributed by atoms with Gasteiger partial charge in [-0.15, -0.1) is 0 Å². The Kier molecular flexibility index (Phi) is 6.04. The summed E-state index contributed by atoms with van der Waals surface area (Å²) < 4.78 is 0. The molecule has 1 heteroatoms. The van der Waals surface area contributed by atoms with E-state index in [0.29, 0.717) is 10.8 Å². The van der Waals surface area contributed by atoms with Crippen molar-refractivity contribution in [1.29, 1.82) is 0 Å². The predicted molar refractivity (Wildman–Crippen MR) is 124 cm³/mol. The van der Waals surface area contributed by atoms with Gasteiger partial charge in [0.05, 0.1) is 6.10 Å². The van der Waals surface area contributed by atoms with Gasteiger partial charge in [0.2, 0.25) is 0 Å². The van der Waals surface area contributed by atoms with Crippen molar-refractivity contribution in [2.24, 2.45) is 52.3 Å². The average Bonchev–Trinajstić information content (AvgIpc) is 3.03. The zero-order valence-corrected chi connectivity index (χ0v) is 20.2. The van der Waals surface area contributed by atoms with E-state index < -0.39 is 0 Å². The molecule has 29 heavy (non-hydrogen) atoms. The molecular formula is C28H48O. The van der Waals surface area contributed by atoms with Crippen molar-refractivity contribution in [3.8, 4) is 0 Å². The molecule has 0 amide bonds. The first-order valence-electron chi connectivity index (χ1n) is 13.0. The first-order valence-corrected chi connectivity index (χ1v) is 13.0. The van der Waals surface area contributed by atoms with Gasteiger partial charge >= 0.3 is 0 Å². The van der Waals surface area contributed by atoms with E-state index in [0.717, 1.165) is 54.3 Å². The van der Waals surface area contributed by atoms with E-state index in [9.17, 15) is 5.11 Å². The van der Waals surface area contributed by atoms with Crippen LogP contribution in [0.15, 0.2) is 11.6 Å². The van der Waals surface area contributed by atoms with Crippen molar-refractivity contribution < 1.29 is 5.11 Å². The van der Waals surface area contributed by atoms with Crippen LogP contribution in [0.1, 0.15) is 106 Å². The fourth-order valence-corrected chi connectivity index (χ4v) is 8.68. The van der Waals surface area contributed by atoms with E-state index >= 15 is 0 Å². The summed E-state index contributed by atoms with van der Waals surface area (Å²) in [4.78, 5) is 0. The summed E-state index contributed by atoms with van der Waals surface area (Å²) in [5.74, 6) is 6.24. The van der Waals surface area contributed by atoms with Gasteiger partial charge in [0.25, 0.3) is 0 Å². The summed E-state index contributed by atoms with van der Waals surface area (Å²) in [6.45, 7) is 15.1. The summed E-state index contributed by atoms with van der Waals surface area (Å²) in [5.41, 5.74) is 2.59. The van der Waals surface area contributed by atoms with Gasteiger partial charge in [-0.2, -0.15) is 0 Å². The monoisotopic (exact) mass is 400 g/mol. The third kappa shape index (κ3) is 3.66. The number of fused-ring (bicyclic) bond motifs is 5. The normalized spacial score (nSPS) is 46.5. The highest BCUT2D eigenvalue weighted by Crippen LogP contribution is 2.67. The minimum absolute atomic E-state index is 0.0790. The highest BCUT2D eigenvalue weighted by molar-refractivity contribution is 5.25. The van der Waals surface area contributed by atoms with Crippen LogP contribution in [0.3, 0.4) is 0 Å². The second-order valence-corrected chi connectivity index (χ2v) is 12.7. The first-order chi connectivity index (χ1) is 13.7. The van der Waals surface area contributed by atoms with Crippen LogP contribution in [0.5, 0.6) is 0 Å². The van der Waals surface area contributed by atoms with Crippen molar-refractivity contribution >= 4 is 0 Å². The molecule has 4 aliphatic rings. The maximum atomic E-state index is 10.2. The van der Waals surface area contributed by atoms with E-state index in [-0.39, 0.29) is 6.10 Å². The zero-order valence-electron chi connectivity index (χ0n) is 20.2. The van der Waals surface area contributed by atoms with Crippen molar-refractivity contribution in [3.63, 3.8) is 0 Å². The van der Waals surface area contributed by atoms with Gasteiger partial charge in [0.15, 0.2) is 0 Å². The molecule has 9 atom stereocenters. The zero-order chi connectivity index (χ0) is 21.0. The van der Waals surface area contributed by atoms with E-state index in [4.69, 9.17) is 0 Å². The molecule has 1 N–H and O–H groups in total. The second-order valence-electron chi connectivity index (χ2n) is 12.7. The molecule has 0 unspecified atom stereocenters. The molecule has 1 nitrogen and oxygen atoms in total. The Morgan fingerprint density at radius 1 is 0.966 bits per heavy atom. The summed E-state index contributed by atoms with van der Waals surface area (Å²) in [6, 6.07) is 0. The van der Waals surface area contributed by atoms with E-state index in [1.54, 1.807) is 5.57 Å². The lowest BCUT2D eigenvalue weighted by molar-refractivity contribution is -0.0574. The van der Waals surface area contributed by atoms with E-state index in [1.165, 1.54) is 51.4 Å². The van der Waals surface area contributed by atoms with Gasteiger partial charge in [-0.1, -0.05) is 66.0 Å². The lowest BCUT2D eigenvalue weighted by Gasteiger charge is -2.58. The van der Waals surface area contributed by atoms with Crippen LogP contribution < -0.4 is 0 Å². The topological polar surface area (TPSA) is 20.2 Å². The van der Waals surface area contributed by atoms with Crippen LogP contribution in [0.25, 0.3) is 0 Å². The SMILES string of the molecule is CC(C)[C@H](C)CC[C@@H](C)[C@H]1CC[C@@H]2[C@H]3CC=C4C[C@@H](O)CC[C@]4(C)[C@@H]3CC[C@@]21C. The molecule has 0 aromatic carbocycles. The Morgan fingerprint density at radius 3 is 2.45 bits per heavy atom. The largest absolute Gasteiger partial charge is 0.393 e. The maximum absolute atomic E-state index is 10.2. The van der Waals surface area contributed by atoms with Gasteiger partial charge in [-0.3, -0.25) is 0 Å². The van der Waals surface area contributed by atoms with Crippen molar-refractivity contribution in [2.45, 2.75) is 112 Å². The number of hydrogen-bond donors (Lipinski definition) is 1. The Bertz CT molecular complexity index is 620. The van der Waals surface area contributed by atoms with E-state index in [2.05, 4.69) is 47.6 Å². The highest BCUT2D eigenvalue weighted by Gasteiger charge is 2.59. The van der Waals surface area contributed by atoms with Crippen LogP contribution in [-0.4, -0.2) is 11.2 Å². The van der Waals surface area contributed by atoms with Gasteiger partial charge in [0, 0.05) is 0 Å². The molecular weight excluding hydrogens is 352 g/mol. The lowest BCUT2D eigenvalue weighted by Crippen LogP contribution is -2.50. The van der Waals surface area contributed by atoms with Crippen LogP contribution in [0.4, 0.5) is 0 Å². The average molecular weight is 401 g/mol. The number of aliphatic hydroxyl groups is 1. The minimum Gasteiger partial charge on any atom is -0.393 e. The molecule has 0 spiro atoms. The van der Waals surface area contributed by atoms with Crippen molar-refractivity contribution in [2.75, 3.05) is 0 Å². The molecule has 4 aliphatic carbocycles. The quantitative estimate of drug-likeness (QED) is 0.470. The number of aliphatic hydroxyl groups excluding tert-OH is 1. The van der Waals surface area contributed by atoms with Crippen LogP contribution >= 0.6 is 0 Å². The predicted octanol–water partition coefficient (Wildman–Crippen LogP) is 7.63. The number of hydrogen-bond acceptors (Lipinski definition) is 1. The van der Waals surface area contributed by atoms with Gasteiger partial charge < -0.3 is 5.11 Å². The number of allylic oxidation sites excluding steroid dienone is 1. The first kappa shape index (κ1) is 21.9. The molecule has 3 saturated carbocycles. The van der Waals surface area contributed by atoms with Crippen molar-refractivity contribution in [1.82, 2.24) is 0 Å². The molecule has 0 saturated heterocycles. The Balaban J connectivity index is 1.49. The molecule has 0 aliphatic heterocycles. The summed E-state index contributed by atoms with van der Waals surface area (Å²) in [7, 11) is 0. The van der Waals surface area contributed by atoms with Gasteiger partial charge in [-0.05, 0) is 104 Å². The molecule has 0 aromatic heterocycles. The van der Waals surface area contributed by atoms with Crippen LogP contribution in [0.2, 0.25) is 0 Å². The molecule has 3 fully saturated rings. The lowest BCUT2D eigenvalue weighted by atomic mass is 9.47. The molecule has 0 heterocycles. The highest BCUT2D eigenvalue weighted by atomic mass is 16.3. The number of rotatable bonds is 5. The Morgan fingerprint density at radius 2 is 1.72 bits per heavy atom. The second kappa shape index (κ2) is 7.99. The Labute approximate surface area is 181 Å². The van der Waals surface area contributed by atoms with Crippen LogP contribution in [-0.2, 0) is 0 Å². The summed E-state index contributed by atoms with van der Waals surface area (Å²) >= 11 is 0. The summed E-state index contributed by atoms with van der Waals surface area (Å²) in [5, 5.41) is 10.2. The van der Waals surface area contributed by atoms with Gasteiger partial charge in [0.1, 0.15) is 0 Å². The molecule has 4 rings (SSSR count). The van der Waals surface area contributed by atoms with Crippen LogP contribution in [0, 0.1) is 52.3 Å². The molecule has 166 valence electrons. The molecule has 0 bridgehead atoms.